The molecule has 0 aromatic heterocycles. The van der Waals surface area contributed by atoms with Crippen molar-refractivity contribution in [2.24, 2.45) is 0 Å². The highest BCUT2D eigenvalue weighted by Crippen LogP contribution is 2.33. The molecule has 2 heterocycles. The highest BCUT2D eigenvalue weighted by molar-refractivity contribution is 7.92. The Hall–Kier alpha value is -3.34. The maximum atomic E-state index is 14.3. The van der Waals surface area contributed by atoms with Gasteiger partial charge in [-0.25, -0.2) is 22.0 Å². The summed E-state index contributed by atoms with van der Waals surface area (Å²) in [6.45, 7) is 2.46. The smallest absolute Gasteiger partial charge is 0.319 e. The lowest BCUT2D eigenvalue weighted by molar-refractivity contribution is -0.130. The van der Waals surface area contributed by atoms with Crippen LogP contribution in [0.25, 0.3) is 0 Å². The second-order valence-corrected chi connectivity index (χ2v) is 10.2. The van der Waals surface area contributed by atoms with Crippen LogP contribution in [0.2, 0.25) is 0 Å². The third-order valence-electron chi connectivity index (χ3n) is 6.00. The molecule has 1 saturated heterocycles. The zero-order valence-electron chi connectivity index (χ0n) is 17.9. The molecule has 2 aromatic carbocycles. The predicted octanol–water partition coefficient (Wildman–Crippen LogP) is 2.33. The van der Waals surface area contributed by atoms with Crippen molar-refractivity contribution >= 4 is 33.4 Å². The van der Waals surface area contributed by atoms with Crippen LogP contribution in [0.15, 0.2) is 36.4 Å². The summed E-state index contributed by atoms with van der Waals surface area (Å²) in [6, 6.07) is 6.19. The Balaban J connectivity index is 1.57. The van der Waals surface area contributed by atoms with Crippen LogP contribution in [-0.2, 0) is 26.8 Å². The van der Waals surface area contributed by atoms with Crippen LogP contribution < -0.4 is 9.62 Å². The summed E-state index contributed by atoms with van der Waals surface area (Å²) >= 11 is 0. The highest BCUT2D eigenvalue weighted by atomic mass is 32.2. The SMILES string of the molecule is CCS(=O)(=O)N1CCc2cc(C(=O)CN3C(=O)N[C@@](C)(c4cc(F)ccc4F)C3=O)ccc21. The van der Waals surface area contributed by atoms with Crippen molar-refractivity contribution < 1.29 is 31.6 Å². The van der Waals surface area contributed by atoms with E-state index in [-0.39, 0.29) is 23.4 Å². The monoisotopic (exact) mass is 477 g/mol. The van der Waals surface area contributed by atoms with Crippen molar-refractivity contribution in [3.8, 4) is 0 Å². The first-order chi connectivity index (χ1) is 15.5. The number of hydrogen-bond acceptors (Lipinski definition) is 5. The van der Waals surface area contributed by atoms with Gasteiger partial charge in [0.05, 0.1) is 18.0 Å². The number of benzene rings is 2. The molecule has 0 saturated carbocycles. The molecule has 0 spiro atoms. The molecule has 0 bridgehead atoms. The number of Topliss-reactive ketones (excluding diaryl/α,β-unsaturated/α-hetero) is 1. The number of nitrogens with one attached hydrogen (secondary N) is 1. The van der Waals surface area contributed by atoms with E-state index in [0.717, 1.165) is 18.2 Å². The van der Waals surface area contributed by atoms with E-state index in [1.165, 1.54) is 23.4 Å². The Bertz CT molecular complexity index is 1300. The number of urea groups is 1. The van der Waals surface area contributed by atoms with E-state index in [4.69, 9.17) is 0 Å². The van der Waals surface area contributed by atoms with E-state index in [1.807, 2.05) is 0 Å². The van der Waals surface area contributed by atoms with Crippen molar-refractivity contribution in [2.45, 2.75) is 25.8 Å². The minimum atomic E-state index is -3.44. The van der Waals surface area contributed by atoms with Gasteiger partial charge in [0, 0.05) is 17.7 Å². The fourth-order valence-corrected chi connectivity index (χ4v) is 5.29. The molecule has 0 unspecified atom stereocenters. The van der Waals surface area contributed by atoms with Gasteiger partial charge in [-0.2, -0.15) is 0 Å². The molecule has 2 aliphatic rings. The van der Waals surface area contributed by atoms with E-state index in [1.54, 1.807) is 13.0 Å². The van der Waals surface area contributed by atoms with Gasteiger partial charge in [0.15, 0.2) is 5.78 Å². The summed E-state index contributed by atoms with van der Waals surface area (Å²) in [5.41, 5.74) is -0.836. The molecular weight excluding hydrogens is 456 g/mol. The Morgan fingerprint density at radius 3 is 2.58 bits per heavy atom. The zero-order valence-corrected chi connectivity index (χ0v) is 18.7. The highest BCUT2D eigenvalue weighted by Gasteiger charge is 2.51. The second-order valence-electron chi connectivity index (χ2n) is 8.06. The average molecular weight is 477 g/mol. The third-order valence-corrected chi connectivity index (χ3v) is 7.78. The summed E-state index contributed by atoms with van der Waals surface area (Å²) in [4.78, 5) is 38.9. The van der Waals surface area contributed by atoms with Gasteiger partial charge < -0.3 is 5.32 Å². The number of anilines is 1. The maximum Gasteiger partial charge on any atom is 0.325 e. The van der Waals surface area contributed by atoms with Gasteiger partial charge >= 0.3 is 6.03 Å². The van der Waals surface area contributed by atoms with E-state index in [2.05, 4.69) is 5.32 Å². The number of carbonyl (C=O) groups is 3. The molecule has 8 nitrogen and oxygen atoms in total. The Labute approximate surface area is 189 Å². The number of nitrogens with zero attached hydrogens (tertiary/aromatic N) is 2. The molecule has 0 radical (unpaired) electrons. The topological polar surface area (TPSA) is 104 Å². The quantitative estimate of drug-likeness (QED) is 0.508. The number of ketones is 1. The number of carbonyl (C=O) groups excluding carboxylic acids is 3. The zero-order chi connectivity index (χ0) is 24.1. The molecule has 2 aliphatic heterocycles. The van der Waals surface area contributed by atoms with Crippen molar-refractivity contribution in [1.82, 2.24) is 10.2 Å². The fourth-order valence-electron chi connectivity index (χ4n) is 4.13. The molecule has 3 amide bonds. The average Bonchev–Trinajstić information content (AvgIpc) is 3.30. The lowest BCUT2D eigenvalue weighted by Crippen LogP contribution is -2.42. The van der Waals surface area contributed by atoms with Gasteiger partial charge in [0.25, 0.3) is 5.91 Å². The minimum Gasteiger partial charge on any atom is -0.319 e. The Morgan fingerprint density at radius 1 is 1.15 bits per heavy atom. The van der Waals surface area contributed by atoms with Crippen LogP contribution in [0, 0.1) is 11.6 Å². The predicted molar refractivity (Wildman–Crippen MR) is 115 cm³/mol. The van der Waals surface area contributed by atoms with Crippen molar-refractivity contribution in [3.05, 3.63) is 64.7 Å². The third kappa shape index (κ3) is 3.75. The molecule has 33 heavy (non-hydrogen) atoms. The van der Waals surface area contributed by atoms with Crippen LogP contribution in [0.3, 0.4) is 0 Å². The first kappa shape index (κ1) is 22.8. The Kier molecular flexibility index (Phi) is 5.47. The summed E-state index contributed by atoms with van der Waals surface area (Å²) in [5, 5.41) is 2.35. The molecule has 0 aliphatic carbocycles. The first-order valence-electron chi connectivity index (χ1n) is 10.2. The molecule has 4 rings (SSSR count). The van der Waals surface area contributed by atoms with Gasteiger partial charge in [-0.1, -0.05) is 0 Å². The second kappa shape index (κ2) is 7.91. The van der Waals surface area contributed by atoms with Crippen molar-refractivity contribution in [2.75, 3.05) is 23.1 Å². The summed E-state index contributed by atoms with van der Waals surface area (Å²) in [7, 11) is -3.44. The fraction of sp³-hybridized carbons (Fsp3) is 0.318. The van der Waals surface area contributed by atoms with Gasteiger partial charge in [0.1, 0.15) is 17.2 Å². The van der Waals surface area contributed by atoms with E-state index >= 15 is 0 Å². The largest absolute Gasteiger partial charge is 0.325 e. The minimum absolute atomic E-state index is 0.0516. The van der Waals surface area contributed by atoms with Gasteiger partial charge in [0.2, 0.25) is 10.0 Å². The molecule has 1 fully saturated rings. The van der Waals surface area contributed by atoms with Crippen LogP contribution in [0.4, 0.5) is 19.3 Å². The number of halogens is 2. The lowest BCUT2D eigenvalue weighted by Gasteiger charge is -2.22. The van der Waals surface area contributed by atoms with Gasteiger partial charge in [-0.15, -0.1) is 0 Å². The van der Waals surface area contributed by atoms with E-state index < -0.39 is 51.5 Å². The van der Waals surface area contributed by atoms with Crippen molar-refractivity contribution in [1.29, 1.82) is 0 Å². The summed E-state index contributed by atoms with van der Waals surface area (Å²) in [5.74, 6) is -3.13. The van der Waals surface area contributed by atoms with Gasteiger partial charge in [-0.3, -0.25) is 18.8 Å². The number of amides is 3. The van der Waals surface area contributed by atoms with Crippen LogP contribution in [0.1, 0.15) is 35.3 Å². The normalized spacial score (nSPS) is 20.2. The molecular formula is C22H21F2N3O5S. The maximum absolute atomic E-state index is 14.3. The number of sulfonamides is 1. The van der Waals surface area contributed by atoms with Gasteiger partial charge in [-0.05, 0) is 62.2 Å². The number of imide groups is 1. The number of hydrogen-bond donors (Lipinski definition) is 1. The number of rotatable bonds is 6. The van der Waals surface area contributed by atoms with Crippen LogP contribution in [0.5, 0.6) is 0 Å². The van der Waals surface area contributed by atoms with Crippen LogP contribution >= 0.6 is 0 Å². The summed E-state index contributed by atoms with van der Waals surface area (Å²) < 4.78 is 53.7. The van der Waals surface area contributed by atoms with Crippen molar-refractivity contribution in [3.63, 3.8) is 0 Å². The standard InChI is InChI=1S/C22H21F2N3O5S/c1-3-33(31,32)27-9-8-13-10-14(4-7-18(13)27)19(28)12-26-20(29)22(2,25-21(26)30)16-11-15(23)5-6-17(16)24/h4-7,10-11H,3,8-9,12H2,1-2H3,(H,25,30)/t22-/m0/s1. The van der Waals surface area contributed by atoms with Crippen LogP contribution in [-0.4, -0.2) is 49.9 Å². The summed E-state index contributed by atoms with van der Waals surface area (Å²) in [6.07, 6.45) is 0.426. The lowest BCUT2D eigenvalue weighted by atomic mass is 9.91. The number of fused-ring (bicyclic) bond motifs is 1. The molecule has 11 heteroatoms. The molecule has 174 valence electrons. The van der Waals surface area contributed by atoms with E-state index in [0.29, 0.717) is 22.6 Å². The Morgan fingerprint density at radius 2 is 1.88 bits per heavy atom. The molecule has 2 aromatic rings. The van der Waals surface area contributed by atoms with E-state index in [9.17, 15) is 31.6 Å². The first-order valence-corrected chi connectivity index (χ1v) is 11.8. The molecule has 1 atom stereocenters. The molecule has 1 N–H and O–H groups in total.